The number of Topliss-reactive ketones (excluding diaryl/α,β-unsaturated/α-hetero) is 1. The molecule has 0 fully saturated rings. The van der Waals surface area contributed by atoms with E-state index in [-0.39, 0.29) is 0 Å². The molecule has 12 heavy (non-hydrogen) atoms. The van der Waals surface area contributed by atoms with Gasteiger partial charge >= 0.3 is 0 Å². The molecule has 0 bridgehead atoms. The molecule has 0 aliphatic heterocycles. The number of unbranched alkanes of at least 4 members (excludes halogenated alkanes) is 2. The van der Waals surface area contributed by atoms with Crippen LogP contribution in [0.2, 0.25) is 0 Å². The normalized spacial score (nSPS) is 10.2. The fourth-order valence-corrected chi connectivity index (χ4v) is 1.34. The van der Waals surface area contributed by atoms with Crippen LogP contribution in [-0.2, 0) is 4.79 Å². The smallest absolute Gasteiger partial charge is 0.132 e. The minimum absolute atomic E-state index is 0.352. The lowest BCUT2D eigenvalue weighted by Gasteiger charge is -1.98. The number of ketones is 1. The lowest BCUT2D eigenvalue weighted by Crippen LogP contribution is -1.97. The molecular formula is C9H16Cl2O. The highest BCUT2D eigenvalue weighted by molar-refractivity contribution is 6.18. The van der Waals surface area contributed by atoms with E-state index < -0.39 is 0 Å². The van der Waals surface area contributed by atoms with Crippen molar-refractivity contribution in [3.8, 4) is 0 Å². The first kappa shape index (κ1) is 12.2. The summed E-state index contributed by atoms with van der Waals surface area (Å²) in [5, 5.41) is 0. The van der Waals surface area contributed by atoms with Gasteiger partial charge in [-0.15, -0.1) is 23.2 Å². The highest BCUT2D eigenvalue weighted by Crippen LogP contribution is 2.04. The highest BCUT2D eigenvalue weighted by Gasteiger charge is 2.00. The molecule has 0 saturated heterocycles. The van der Waals surface area contributed by atoms with E-state index in [0.717, 1.165) is 25.7 Å². The Kier molecular flexibility index (Phi) is 9.53. The van der Waals surface area contributed by atoms with Gasteiger partial charge in [0.2, 0.25) is 0 Å². The summed E-state index contributed by atoms with van der Waals surface area (Å²) in [6.45, 7) is 0. The van der Waals surface area contributed by atoms with E-state index in [0.29, 0.717) is 30.4 Å². The van der Waals surface area contributed by atoms with Gasteiger partial charge in [0.25, 0.3) is 0 Å². The van der Waals surface area contributed by atoms with Crippen molar-refractivity contribution in [1.82, 2.24) is 0 Å². The van der Waals surface area contributed by atoms with E-state index in [4.69, 9.17) is 23.2 Å². The minimum Gasteiger partial charge on any atom is -0.300 e. The molecule has 0 atom stereocenters. The molecule has 0 amide bonds. The Labute approximate surface area is 84.4 Å². The third-order valence-corrected chi connectivity index (χ3v) is 2.21. The maximum absolute atomic E-state index is 11.1. The first-order valence-corrected chi connectivity index (χ1v) is 5.51. The number of hydrogen-bond donors (Lipinski definition) is 0. The molecule has 0 rings (SSSR count). The molecule has 0 aliphatic carbocycles. The van der Waals surface area contributed by atoms with Crippen LogP contribution in [0.5, 0.6) is 0 Å². The zero-order chi connectivity index (χ0) is 9.23. The second-order valence-corrected chi connectivity index (χ2v) is 3.59. The van der Waals surface area contributed by atoms with Crippen LogP contribution in [0.3, 0.4) is 0 Å². The topological polar surface area (TPSA) is 17.1 Å². The van der Waals surface area contributed by atoms with Gasteiger partial charge in [0.05, 0.1) is 0 Å². The zero-order valence-electron chi connectivity index (χ0n) is 7.32. The van der Waals surface area contributed by atoms with Crippen molar-refractivity contribution in [2.75, 3.05) is 11.8 Å². The summed E-state index contributed by atoms with van der Waals surface area (Å²) in [4.78, 5) is 11.1. The third kappa shape index (κ3) is 8.35. The van der Waals surface area contributed by atoms with Crippen LogP contribution in [0.15, 0.2) is 0 Å². The predicted octanol–water partition coefficient (Wildman–Crippen LogP) is 3.37. The van der Waals surface area contributed by atoms with Crippen LogP contribution < -0.4 is 0 Å². The second-order valence-electron chi connectivity index (χ2n) is 2.83. The number of hydrogen-bond acceptors (Lipinski definition) is 1. The number of carbonyl (C=O) groups is 1. The summed E-state index contributed by atoms with van der Waals surface area (Å²) >= 11 is 11.0. The van der Waals surface area contributed by atoms with Gasteiger partial charge in [0.1, 0.15) is 5.78 Å². The van der Waals surface area contributed by atoms with E-state index in [1.165, 1.54) is 0 Å². The van der Waals surface area contributed by atoms with Crippen molar-refractivity contribution in [3.63, 3.8) is 0 Å². The molecule has 0 aromatic heterocycles. The first-order valence-electron chi connectivity index (χ1n) is 4.45. The largest absolute Gasteiger partial charge is 0.300 e. The van der Waals surface area contributed by atoms with Gasteiger partial charge in [-0.1, -0.05) is 0 Å². The molecule has 0 N–H and O–H groups in total. The van der Waals surface area contributed by atoms with Gasteiger partial charge < -0.3 is 0 Å². The van der Waals surface area contributed by atoms with Crippen LogP contribution in [-0.4, -0.2) is 17.5 Å². The summed E-state index contributed by atoms with van der Waals surface area (Å²) in [6, 6.07) is 0. The molecule has 3 heteroatoms. The quantitative estimate of drug-likeness (QED) is 0.444. The van der Waals surface area contributed by atoms with E-state index in [1.807, 2.05) is 0 Å². The Morgan fingerprint density at radius 1 is 0.833 bits per heavy atom. The van der Waals surface area contributed by atoms with Crippen molar-refractivity contribution in [1.29, 1.82) is 0 Å². The van der Waals surface area contributed by atoms with Crippen molar-refractivity contribution < 1.29 is 4.79 Å². The third-order valence-electron chi connectivity index (χ3n) is 1.68. The van der Waals surface area contributed by atoms with E-state index >= 15 is 0 Å². The molecule has 0 unspecified atom stereocenters. The molecule has 0 aromatic rings. The van der Waals surface area contributed by atoms with Crippen molar-refractivity contribution in [3.05, 3.63) is 0 Å². The maximum atomic E-state index is 11.1. The van der Waals surface area contributed by atoms with Gasteiger partial charge in [-0.2, -0.15) is 0 Å². The molecule has 1 nitrogen and oxygen atoms in total. The molecule has 0 radical (unpaired) electrons. The standard InChI is InChI=1S/C9H16Cl2O/c10-7-3-1-5-9(12)6-2-4-8-11/h1-8H2. The SMILES string of the molecule is O=C(CCCCCl)CCCCCl. The minimum atomic E-state index is 0.352. The predicted molar refractivity (Wildman–Crippen MR) is 54.1 cm³/mol. The summed E-state index contributed by atoms with van der Waals surface area (Å²) < 4.78 is 0. The van der Waals surface area contributed by atoms with Gasteiger partial charge in [0.15, 0.2) is 0 Å². The lowest BCUT2D eigenvalue weighted by molar-refractivity contribution is -0.119. The molecule has 0 heterocycles. The second kappa shape index (κ2) is 9.34. The molecule has 0 aromatic carbocycles. The first-order chi connectivity index (χ1) is 5.81. The molecule has 0 spiro atoms. The van der Waals surface area contributed by atoms with Crippen LogP contribution in [0.4, 0.5) is 0 Å². The Morgan fingerprint density at radius 3 is 1.58 bits per heavy atom. The fourth-order valence-electron chi connectivity index (χ4n) is 0.958. The molecule has 0 saturated carbocycles. The average molecular weight is 211 g/mol. The van der Waals surface area contributed by atoms with Crippen LogP contribution in [0.1, 0.15) is 38.5 Å². The molecular weight excluding hydrogens is 195 g/mol. The summed E-state index contributed by atoms with van der Waals surface area (Å²) in [7, 11) is 0. The lowest BCUT2D eigenvalue weighted by atomic mass is 10.1. The Hall–Kier alpha value is 0.250. The summed E-state index contributed by atoms with van der Waals surface area (Å²) in [5.41, 5.74) is 0. The van der Waals surface area contributed by atoms with Crippen LogP contribution in [0, 0.1) is 0 Å². The Balaban J connectivity index is 3.10. The Bertz CT molecular complexity index is 103. The average Bonchev–Trinajstić information content (AvgIpc) is 2.06. The number of alkyl halides is 2. The van der Waals surface area contributed by atoms with E-state index in [1.54, 1.807) is 0 Å². The van der Waals surface area contributed by atoms with E-state index in [9.17, 15) is 4.79 Å². The number of halogens is 2. The molecule has 72 valence electrons. The fraction of sp³-hybridized carbons (Fsp3) is 0.889. The van der Waals surface area contributed by atoms with E-state index in [2.05, 4.69) is 0 Å². The van der Waals surface area contributed by atoms with Crippen LogP contribution in [0.25, 0.3) is 0 Å². The monoisotopic (exact) mass is 210 g/mol. The van der Waals surface area contributed by atoms with Crippen molar-refractivity contribution in [2.24, 2.45) is 0 Å². The van der Waals surface area contributed by atoms with Gasteiger partial charge in [0, 0.05) is 24.6 Å². The maximum Gasteiger partial charge on any atom is 0.132 e. The number of carbonyl (C=O) groups excluding carboxylic acids is 1. The molecule has 0 aliphatic rings. The number of rotatable bonds is 8. The van der Waals surface area contributed by atoms with Gasteiger partial charge in [-0.25, -0.2) is 0 Å². The van der Waals surface area contributed by atoms with Gasteiger partial charge in [-0.3, -0.25) is 4.79 Å². The summed E-state index contributed by atoms with van der Waals surface area (Å²) in [5.74, 6) is 1.68. The van der Waals surface area contributed by atoms with Crippen molar-refractivity contribution in [2.45, 2.75) is 38.5 Å². The van der Waals surface area contributed by atoms with Gasteiger partial charge in [-0.05, 0) is 25.7 Å². The Morgan fingerprint density at radius 2 is 1.25 bits per heavy atom. The highest BCUT2D eigenvalue weighted by atomic mass is 35.5. The van der Waals surface area contributed by atoms with Crippen LogP contribution >= 0.6 is 23.2 Å². The van der Waals surface area contributed by atoms with Crippen molar-refractivity contribution >= 4 is 29.0 Å². The zero-order valence-corrected chi connectivity index (χ0v) is 8.83. The summed E-state index contributed by atoms with van der Waals surface area (Å²) in [6.07, 6.45) is 5.14.